The molecule has 10 heavy (non-hydrogen) atoms. The maximum atomic E-state index is 10.4. The number of hydrogen-bond acceptors (Lipinski definition) is 2. The lowest BCUT2D eigenvalue weighted by Crippen LogP contribution is -2.28. The van der Waals surface area contributed by atoms with E-state index in [1.165, 1.54) is 0 Å². The molecule has 0 aromatic heterocycles. The van der Waals surface area contributed by atoms with E-state index in [9.17, 15) is 4.79 Å². The number of aldehydes is 1. The third-order valence-electron chi connectivity index (χ3n) is 1.39. The second kappa shape index (κ2) is 3.18. The topological polar surface area (TPSA) is 20.3 Å². The number of allylic oxidation sites excluding steroid dienone is 2. The second-order valence-electron chi connectivity index (χ2n) is 2.17. The summed E-state index contributed by atoms with van der Waals surface area (Å²) in [7, 11) is 1.89. The minimum atomic E-state index is -0.0708. The Balaban J connectivity index is 2.73. The number of halogens is 1. The van der Waals surface area contributed by atoms with Gasteiger partial charge >= 0.3 is 0 Å². The van der Waals surface area contributed by atoms with Gasteiger partial charge in [-0.2, -0.15) is 0 Å². The molecule has 1 rings (SSSR count). The fourth-order valence-electron chi connectivity index (χ4n) is 0.791. The Morgan fingerprint density at radius 3 is 3.00 bits per heavy atom. The Morgan fingerprint density at radius 1 is 1.80 bits per heavy atom. The molecular formula is C7H8INO. The Bertz CT molecular complexity index is 198. The molecule has 0 N–H and O–H groups in total. The van der Waals surface area contributed by atoms with Crippen LogP contribution in [0.5, 0.6) is 0 Å². The summed E-state index contributed by atoms with van der Waals surface area (Å²) in [5, 5.41) is 0. The van der Waals surface area contributed by atoms with Gasteiger partial charge in [-0.15, -0.1) is 0 Å². The summed E-state index contributed by atoms with van der Waals surface area (Å²) in [6.45, 7) is 0. The molecule has 0 fully saturated rings. The maximum Gasteiger partial charge on any atom is 0.146 e. The van der Waals surface area contributed by atoms with Crippen molar-refractivity contribution in [3.63, 3.8) is 0 Å². The first-order chi connectivity index (χ1) is 4.74. The minimum absolute atomic E-state index is 0.0708. The van der Waals surface area contributed by atoms with E-state index < -0.39 is 0 Å². The van der Waals surface area contributed by atoms with Crippen molar-refractivity contribution >= 4 is 28.9 Å². The van der Waals surface area contributed by atoms with Crippen LogP contribution < -0.4 is 0 Å². The van der Waals surface area contributed by atoms with E-state index in [2.05, 4.69) is 22.6 Å². The van der Waals surface area contributed by atoms with Gasteiger partial charge in [0.1, 0.15) is 12.3 Å². The zero-order valence-electron chi connectivity index (χ0n) is 5.62. The first-order valence-electron chi connectivity index (χ1n) is 2.97. The van der Waals surface area contributed by atoms with Gasteiger partial charge in [0.15, 0.2) is 0 Å². The third-order valence-corrected chi connectivity index (χ3v) is 2.03. The van der Waals surface area contributed by atoms with Gasteiger partial charge in [0.2, 0.25) is 0 Å². The first-order valence-corrected chi connectivity index (χ1v) is 4.04. The summed E-state index contributed by atoms with van der Waals surface area (Å²) in [5.74, 6) is 0. The number of hydrogen-bond donors (Lipinski definition) is 0. The van der Waals surface area contributed by atoms with Crippen LogP contribution in [0.25, 0.3) is 0 Å². The van der Waals surface area contributed by atoms with Crippen molar-refractivity contribution in [2.24, 2.45) is 0 Å². The molecule has 0 aromatic rings. The zero-order valence-corrected chi connectivity index (χ0v) is 7.78. The normalized spacial score (nSPS) is 24.4. The largest absolute Gasteiger partial charge is 0.366 e. The molecule has 54 valence electrons. The molecule has 1 unspecified atom stereocenters. The monoisotopic (exact) mass is 249 g/mol. The highest BCUT2D eigenvalue weighted by atomic mass is 127. The smallest absolute Gasteiger partial charge is 0.146 e. The van der Waals surface area contributed by atoms with E-state index in [0.29, 0.717) is 0 Å². The van der Waals surface area contributed by atoms with Gasteiger partial charge in [-0.3, -0.25) is 0 Å². The van der Waals surface area contributed by atoms with Gasteiger partial charge in [0, 0.05) is 16.8 Å². The molecule has 3 heteroatoms. The summed E-state index contributed by atoms with van der Waals surface area (Å²) < 4.78 is 1.15. The van der Waals surface area contributed by atoms with Crippen LogP contribution in [0.1, 0.15) is 0 Å². The molecular weight excluding hydrogens is 241 g/mol. The lowest BCUT2D eigenvalue weighted by Gasteiger charge is -2.21. The Morgan fingerprint density at radius 2 is 2.50 bits per heavy atom. The summed E-state index contributed by atoms with van der Waals surface area (Å²) in [4.78, 5) is 12.2. The fraction of sp³-hybridized carbons (Fsp3) is 0.286. The highest BCUT2D eigenvalue weighted by Crippen LogP contribution is 2.15. The molecule has 2 nitrogen and oxygen atoms in total. The van der Waals surface area contributed by atoms with Crippen molar-refractivity contribution < 1.29 is 4.79 Å². The van der Waals surface area contributed by atoms with Crippen LogP contribution in [0.4, 0.5) is 0 Å². The predicted octanol–water partition coefficient (Wildman–Crippen LogP) is 1.33. The molecule has 0 radical (unpaired) electrons. The third kappa shape index (κ3) is 1.59. The van der Waals surface area contributed by atoms with Crippen LogP contribution >= 0.6 is 22.6 Å². The van der Waals surface area contributed by atoms with Gasteiger partial charge in [0.25, 0.3) is 0 Å². The van der Waals surface area contributed by atoms with E-state index >= 15 is 0 Å². The molecule has 0 saturated carbocycles. The second-order valence-corrected chi connectivity index (χ2v) is 3.41. The maximum absolute atomic E-state index is 10.4. The highest BCUT2D eigenvalue weighted by molar-refractivity contribution is 14.1. The Labute approximate surface area is 73.7 Å². The quantitative estimate of drug-likeness (QED) is 0.516. The lowest BCUT2D eigenvalue weighted by atomic mass is 10.2. The number of nitrogens with zero attached hydrogens (tertiary/aromatic N) is 1. The molecule has 0 amide bonds. The number of carbonyl (C=O) groups is 1. The van der Waals surface area contributed by atoms with E-state index in [1.54, 1.807) is 0 Å². The van der Waals surface area contributed by atoms with Crippen LogP contribution in [-0.2, 0) is 4.79 Å². The van der Waals surface area contributed by atoms with Crippen molar-refractivity contribution in [3.8, 4) is 0 Å². The van der Waals surface area contributed by atoms with Crippen molar-refractivity contribution in [2.45, 2.75) is 6.04 Å². The molecule has 0 spiro atoms. The van der Waals surface area contributed by atoms with Gasteiger partial charge in [-0.05, 0) is 28.7 Å². The molecule has 0 bridgehead atoms. The van der Waals surface area contributed by atoms with Crippen molar-refractivity contribution in [1.82, 2.24) is 4.90 Å². The summed E-state index contributed by atoms with van der Waals surface area (Å²) in [5.41, 5.74) is 0. The van der Waals surface area contributed by atoms with Crippen molar-refractivity contribution in [2.75, 3.05) is 7.05 Å². The Kier molecular flexibility index (Phi) is 2.48. The highest BCUT2D eigenvalue weighted by Gasteiger charge is 2.09. The summed E-state index contributed by atoms with van der Waals surface area (Å²) >= 11 is 2.22. The molecule has 1 aliphatic rings. The van der Waals surface area contributed by atoms with Crippen LogP contribution in [0.2, 0.25) is 0 Å². The van der Waals surface area contributed by atoms with Gasteiger partial charge < -0.3 is 9.69 Å². The number of likely N-dealkylation sites (N-methyl/N-ethyl adjacent to an activating group) is 1. The van der Waals surface area contributed by atoms with Crippen LogP contribution in [0.3, 0.4) is 0 Å². The average Bonchev–Trinajstić information content (AvgIpc) is 1.88. The summed E-state index contributed by atoms with van der Waals surface area (Å²) in [6.07, 6.45) is 6.70. The van der Waals surface area contributed by atoms with Crippen molar-refractivity contribution in [3.05, 3.63) is 21.9 Å². The molecule has 0 aliphatic carbocycles. The van der Waals surface area contributed by atoms with Crippen LogP contribution in [-0.4, -0.2) is 24.3 Å². The molecule has 1 heterocycles. The van der Waals surface area contributed by atoms with Gasteiger partial charge in [-0.1, -0.05) is 6.08 Å². The predicted molar refractivity (Wildman–Crippen MR) is 48.9 cm³/mol. The van der Waals surface area contributed by atoms with E-state index in [0.717, 1.165) is 9.87 Å². The molecule has 0 aromatic carbocycles. The number of rotatable bonds is 1. The Hall–Kier alpha value is -0.320. The lowest BCUT2D eigenvalue weighted by molar-refractivity contribution is -0.110. The van der Waals surface area contributed by atoms with E-state index in [4.69, 9.17) is 0 Å². The average molecular weight is 249 g/mol. The van der Waals surface area contributed by atoms with E-state index in [1.807, 2.05) is 30.3 Å². The standard InChI is InChI=1S/C7H8INO/c1-9-4-6(8)2-3-7(9)5-10/h2-5,7H,1H3. The van der Waals surface area contributed by atoms with Gasteiger partial charge in [0.05, 0.1) is 0 Å². The van der Waals surface area contributed by atoms with Crippen molar-refractivity contribution in [1.29, 1.82) is 0 Å². The first kappa shape index (κ1) is 7.78. The molecule has 1 aliphatic heterocycles. The zero-order chi connectivity index (χ0) is 7.56. The van der Waals surface area contributed by atoms with E-state index in [-0.39, 0.29) is 6.04 Å². The minimum Gasteiger partial charge on any atom is -0.366 e. The van der Waals surface area contributed by atoms with Gasteiger partial charge in [-0.25, -0.2) is 0 Å². The molecule has 0 saturated heterocycles. The SMILES string of the molecule is CN1C=C(I)C=CC1C=O. The summed E-state index contributed by atoms with van der Waals surface area (Å²) in [6, 6.07) is -0.0708. The number of carbonyl (C=O) groups excluding carboxylic acids is 1. The fourth-order valence-corrected chi connectivity index (χ4v) is 1.44. The van der Waals surface area contributed by atoms with Crippen LogP contribution in [0, 0.1) is 0 Å². The van der Waals surface area contributed by atoms with Crippen LogP contribution in [0.15, 0.2) is 21.9 Å². The molecule has 1 atom stereocenters.